The third kappa shape index (κ3) is 2.50. The fourth-order valence-corrected chi connectivity index (χ4v) is 3.86. The van der Waals surface area contributed by atoms with Crippen LogP contribution in [-0.2, 0) is 0 Å². The Balaban J connectivity index is 2.66. The third-order valence-corrected chi connectivity index (χ3v) is 5.20. The SMILES string of the molecule is CCC[C@H]1[C@H]2CN(C(C)C)CC=C2C(C#N)=C(N)C1(C#N)C#N. The smallest absolute Gasteiger partial charge is 0.187 e. The first-order valence-electron chi connectivity index (χ1n) is 8.14. The van der Waals surface area contributed by atoms with Crippen LogP contribution < -0.4 is 5.73 Å². The predicted octanol–water partition coefficient (Wildman–Crippen LogP) is 2.45. The first kappa shape index (κ1) is 17.1. The fraction of sp³-hybridized carbons (Fsp3) is 0.611. The monoisotopic (exact) mass is 309 g/mol. The lowest BCUT2D eigenvalue weighted by Gasteiger charge is -2.46. The number of fused-ring (bicyclic) bond motifs is 1. The second-order valence-electron chi connectivity index (χ2n) is 6.64. The van der Waals surface area contributed by atoms with Crippen molar-refractivity contribution in [2.24, 2.45) is 23.0 Å². The van der Waals surface area contributed by atoms with E-state index in [4.69, 9.17) is 5.73 Å². The van der Waals surface area contributed by atoms with Crippen LogP contribution >= 0.6 is 0 Å². The molecular weight excluding hydrogens is 286 g/mol. The molecule has 1 heterocycles. The lowest BCUT2D eigenvalue weighted by atomic mass is 9.59. The largest absolute Gasteiger partial charge is 0.399 e. The number of hydrogen-bond donors (Lipinski definition) is 1. The highest BCUT2D eigenvalue weighted by atomic mass is 15.2. The lowest BCUT2D eigenvalue weighted by Crippen LogP contribution is -2.50. The van der Waals surface area contributed by atoms with Gasteiger partial charge in [0.15, 0.2) is 5.41 Å². The molecule has 0 amide bonds. The molecule has 0 fully saturated rings. The van der Waals surface area contributed by atoms with Crippen molar-refractivity contribution in [1.82, 2.24) is 4.90 Å². The molecule has 2 atom stereocenters. The summed E-state index contributed by atoms with van der Waals surface area (Å²) in [5.74, 6) is -0.167. The maximum atomic E-state index is 9.76. The van der Waals surface area contributed by atoms with Gasteiger partial charge in [-0.15, -0.1) is 0 Å². The molecule has 1 aliphatic carbocycles. The zero-order chi connectivity index (χ0) is 17.2. The van der Waals surface area contributed by atoms with E-state index in [9.17, 15) is 15.8 Å². The highest BCUT2D eigenvalue weighted by Gasteiger charge is 2.53. The number of hydrogen-bond acceptors (Lipinski definition) is 5. The molecule has 0 aromatic rings. The number of nitrogens with zero attached hydrogens (tertiary/aromatic N) is 4. The van der Waals surface area contributed by atoms with Crippen molar-refractivity contribution < 1.29 is 0 Å². The van der Waals surface area contributed by atoms with Gasteiger partial charge in [-0.1, -0.05) is 19.4 Å². The number of rotatable bonds is 3. The first-order chi connectivity index (χ1) is 11.0. The van der Waals surface area contributed by atoms with Gasteiger partial charge in [-0.05, 0) is 25.8 Å². The first-order valence-corrected chi connectivity index (χ1v) is 8.14. The highest BCUT2D eigenvalue weighted by Crippen LogP contribution is 2.51. The van der Waals surface area contributed by atoms with Crippen molar-refractivity contribution in [3.63, 3.8) is 0 Å². The summed E-state index contributed by atoms with van der Waals surface area (Å²) < 4.78 is 0. The van der Waals surface area contributed by atoms with Crippen LogP contribution in [0.25, 0.3) is 0 Å². The standard InChI is InChI=1S/C18H23N5/c1-4-5-16-15-9-23(12(2)3)7-6-13(15)14(8-19)17(22)18(16,10-20)11-21/h6,12,15-16H,4-5,7,9,22H2,1-3H3/t15-,16-/m0/s1. The minimum Gasteiger partial charge on any atom is -0.399 e. The van der Waals surface area contributed by atoms with Gasteiger partial charge in [0, 0.05) is 31.0 Å². The summed E-state index contributed by atoms with van der Waals surface area (Å²) in [6.07, 6.45) is 3.67. The summed E-state index contributed by atoms with van der Waals surface area (Å²) in [4.78, 5) is 2.31. The Morgan fingerprint density at radius 2 is 2.00 bits per heavy atom. The van der Waals surface area contributed by atoms with E-state index in [0.29, 0.717) is 11.6 Å². The molecule has 0 unspecified atom stereocenters. The Morgan fingerprint density at radius 1 is 1.35 bits per heavy atom. The second-order valence-corrected chi connectivity index (χ2v) is 6.64. The molecule has 0 bridgehead atoms. The minimum absolute atomic E-state index is 0.00681. The molecule has 0 aromatic carbocycles. The van der Waals surface area contributed by atoms with Gasteiger partial charge in [0.1, 0.15) is 6.07 Å². The molecule has 5 nitrogen and oxygen atoms in total. The van der Waals surface area contributed by atoms with Crippen LogP contribution in [0.5, 0.6) is 0 Å². The molecule has 23 heavy (non-hydrogen) atoms. The lowest BCUT2D eigenvalue weighted by molar-refractivity contribution is 0.138. The van der Waals surface area contributed by atoms with Gasteiger partial charge in [-0.3, -0.25) is 4.90 Å². The van der Waals surface area contributed by atoms with Crippen LogP contribution in [0, 0.1) is 51.2 Å². The summed E-state index contributed by atoms with van der Waals surface area (Å²) >= 11 is 0. The van der Waals surface area contributed by atoms with Crippen LogP contribution in [-0.4, -0.2) is 24.0 Å². The molecule has 1 aliphatic heterocycles. The maximum Gasteiger partial charge on any atom is 0.187 e. The van der Waals surface area contributed by atoms with Gasteiger partial charge in [0.05, 0.1) is 23.4 Å². The third-order valence-electron chi connectivity index (χ3n) is 5.20. The van der Waals surface area contributed by atoms with Crippen molar-refractivity contribution in [1.29, 1.82) is 15.8 Å². The molecule has 0 saturated heterocycles. The molecule has 5 heteroatoms. The van der Waals surface area contributed by atoms with E-state index < -0.39 is 5.41 Å². The van der Waals surface area contributed by atoms with E-state index in [-0.39, 0.29) is 17.5 Å². The average Bonchev–Trinajstić information content (AvgIpc) is 2.56. The van der Waals surface area contributed by atoms with Gasteiger partial charge in [-0.2, -0.15) is 15.8 Å². The van der Waals surface area contributed by atoms with E-state index in [1.54, 1.807) is 0 Å². The van der Waals surface area contributed by atoms with Crippen molar-refractivity contribution in [2.45, 2.75) is 39.7 Å². The van der Waals surface area contributed by atoms with Crippen LogP contribution in [0.1, 0.15) is 33.6 Å². The summed E-state index contributed by atoms with van der Waals surface area (Å²) in [6, 6.07) is 6.83. The molecule has 2 aliphatic rings. The normalized spacial score (nSPS) is 26.7. The van der Waals surface area contributed by atoms with Gasteiger partial charge in [0.25, 0.3) is 0 Å². The summed E-state index contributed by atoms with van der Waals surface area (Å²) in [5, 5.41) is 29.1. The molecular formula is C18H23N5. The van der Waals surface area contributed by atoms with E-state index in [0.717, 1.165) is 31.5 Å². The van der Waals surface area contributed by atoms with Crippen LogP contribution in [0.3, 0.4) is 0 Å². The molecule has 0 radical (unpaired) electrons. The molecule has 0 saturated carbocycles. The van der Waals surface area contributed by atoms with Crippen LogP contribution in [0.2, 0.25) is 0 Å². The maximum absolute atomic E-state index is 9.76. The zero-order valence-electron chi connectivity index (χ0n) is 14.0. The number of nitriles is 3. The summed E-state index contributed by atoms with van der Waals surface area (Å²) in [6.45, 7) is 7.84. The van der Waals surface area contributed by atoms with Crippen molar-refractivity contribution in [3.05, 3.63) is 22.9 Å². The van der Waals surface area contributed by atoms with E-state index in [1.165, 1.54) is 0 Å². The Hall–Kier alpha value is -2.29. The molecule has 2 rings (SSSR count). The van der Waals surface area contributed by atoms with Crippen LogP contribution in [0.4, 0.5) is 0 Å². The van der Waals surface area contributed by atoms with Crippen molar-refractivity contribution in [3.8, 4) is 18.2 Å². The fourth-order valence-electron chi connectivity index (χ4n) is 3.86. The van der Waals surface area contributed by atoms with E-state index in [1.807, 2.05) is 6.92 Å². The minimum atomic E-state index is -1.40. The Bertz CT molecular complexity index is 651. The van der Waals surface area contributed by atoms with Crippen molar-refractivity contribution in [2.75, 3.05) is 13.1 Å². The molecule has 0 aromatic heterocycles. The number of nitrogens with two attached hydrogens (primary N) is 1. The molecule has 120 valence electrons. The van der Waals surface area contributed by atoms with Gasteiger partial charge in [-0.25, -0.2) is 0 Å². The van der Waals surface area contributed by atoms with Gasteiger partial charge >= 0.3 is 0 Å². The van der Waals surface area contributed by atoms with E-state index >= 15 is 0 Å². The summed E-state index contributed by atoms with van der Waals surface area (Å²) in [5.41, 5.74) is 6.19. The Morgan fingerprint density at radius 3 is 2.48 bits per heavy atom. The Kier molecular flexibility index (Phi) is 4.79. The molecule has 2 N–H and O–H groups in total. The zero-order valence-corrected chi connectivity index (χ0v) is 14.0. The number of allylic oxidation sites excluding steroid dienone is 2. The topological polar surface area (TPSA) is 101 Å². The van der Waals surface area contributed by atoms with Crippen LogP contribution in [0.15, 0.2) is 22.9 Å². The summed E-state index contributed by atoms with van der Waals surface area (Å²) in [7, 11) is 0. The Labute approximate surface area is 138 Å². The molecule has 0 spiro atoms. The quantitative estimate of drug-likeness (QED) is 0.863. The highest BCUT2D eigenvalue weighted by molar-refractivity contribution is 5.56. The average molecular weight is 309 g/mol. The van der Waals surface area contributed by atoms with Gasteiger partial charge < -0.3 is 5.73 Å². The predicted molar refractivity (Wildman–Crippen MR) is 87.2 cm³/mol. The second kappa shape index (κ2) is 6.45. The van der Waals surface area contributed by atoms with Crippen molar-refractivity contribution >= 4 is 0 Å². The van der Waals surface area contributed by atoms with E-state index in [2.05, 4.69) is 43.0 Å². The van der Waals surface area contributed by atoms with Gasteiger partial charge in [0.2, 0.25) is 0 Å².